The van der Waals surface area contributed by atoms with E-state index in [2.05, 4.69) is 33.4 Å². The van der Waals surface area contributed by atoms with E-state index in [0.29, 0.717) is 22.3 Å². The smallest absolute Gasteiger partial charge is 0.197 e. The first-order valence-corrected chi connectivity index (χ1v) is 19.9. The number of rotatable bonds is 2. The highest BCUT2D eigenvalue weighted by Gasteiger charge is 2.35. The highest BCUT2D eigenvalue weighted by molar-refractivity contribution is 7.22. The molecule has 264 valence electrons. The molecule has 2 aliphatic rings. The summed E-state index contributed by atoms with van der Waals surface area (Å²) < 4.78 is 6.43. The number of allylic oxidation sites excluding steroid dienone is 2. The van der Waals surface area contributed by atoms with Crippen LogP contribution in [0.25, 0.3) is 86.7 Å². The average molecular weight is 759 g/mol. The van der Waals surface area contributed by atoms with E-state index >= 15 is 0 Å². The number of carbonyl (C=O) groups is 4. The Labute approximate surface area is 325 Å². The average Bonchev–Trinajstić information content (AvgIpc) is 4.01. The zero-order valence-corrected chi connectivity index (χ0v) is 31.5. The van der Waals surface area contributed by atoms with Crippen LogP contribution in [0.2, 0.25) is 0 Å². The summed E-state index contributed by atoms with van der Waals surface area (Å²) in [6.45, 7) is 0. The summed E-state index contributed by atoms with van der Waals surface area (Å²) in [6, 6.07) is 36.0. The number of hydrogen-bond donors (Lipinski definition) is 0. The summed E-state index contributed by atoms with van der Waals surface area (Å²) in [5.74, 6) is -0.971. The van der Waals surface area contributed by atoms with Gasteiger partial charge in [0.05, 0.1) is 42.6 Å². The van der Waals surface area contributed by atoms with Crippen molar-refractivity contribution in [1.82, 2.24) is 9.13 Å². The number of carbonyl (C=O) groups excluding carboxylic acids is 4. The van der Waals surface area contributed by atoms with E-state index in [1.54, 1.807) is 34.8 Å². The Morgan fingerprint density at radius 3 is 1.02 bits per heavy atom. The van der Waals surface area contributed by atoms with Crippen LogP contribution in [0.5, 0.6) is 0 Å². The quantitative estimate of drug-likeness (QED) is 0.0999. The lowest BCUT2D eigenvalue weighted by Crippen LogP contribution is -1.99. The van der Waals surface area contributed by atoms with Gasteiger partial charge in [0.25, 0.3) is 0 Å². The van der Waals surface area contributed by atoms with Gasteiger partial charge in [-0.2, -0.15) is 0 Å². The highest BCUT2D eigenvalue weighted by atomic mass is 32.1. The SMILES string of the molecule is Cn1c2cc(C=C3C(=O)c4cc5cc6ccccc6cc5cc4C3=O)sc2c2c1c1sc(C=C3C(=O)c4cc5cc6ccccc6cc5cc4C3=O)cc1n2C. The topological polar surface area (TPSA) is 78.1 Å². The Balaban J connectivity index is 0.905. The van der Waals surface area contributed by atoms with Gasteiger partial charge < -0.3 is 9.13 Å². The molecule has 8 heteroatoms. The summed E-state index contributed by atoms with van der Waals surface area (Å²) in [7, 11) is 4.05. The minimum Gasteiger partial charge on any atom is -0.340 e. The van der Waals surface area contributed by atoms with Crippen molar-refractivity contribution in [1.29, 1.82) is 0 Å². The summed E-state index contributed by atoms with van der Waals surface area (Å²) in [4.78, 5) is 56.5. The molecule has 0 atom stereocenters. The fourth-order valence-electron chi connectivity index (χ4n) is 8.93. The second kappa shape index (κ2) is 10.9. The number of aromatic nitrogens is 2. The standard InChI is InChI=1S/C48H26N2O4S2/c1-49-39-21-31(19-37-43(51)33-15-27-11-23-7-3-4-8-24(23)12-28(27)16-34(33)44(37)52)55-47(39)42-41(49)48-40(50(42)2)22-32(56-48)20-38-45(53)35-17-29-13-25-9-5-6-10-26(25)14-30(29)18-36(35)46(38)54/h3-22H,1-2H3. The number of Topliss-reactive ketones (excluding diaryl/α,β-unsaturated/α-hetero) is 4. The van der Waals surface area contributed by atoms with Gasteiger partial charge in [0.1, 0.15) is 0 Å². The summed E-state index contributed by atoms with van der Waals surface area (Å²) >= 11 is 3.12. The van der Waals surface area contributed by atoms with Gasteiger partial charge in [0.15, 0.2) is 23.1 Å². The van der Waals surface area contributed by atoms with Gasteiger partial charge in [-0.3, -0.25) is 19.2 Å². The van der Waals surface area contributed by atoms with E-state index in [0.717, 1.165) is 84.3 Å². The summed E-state index contributed by atoms with van der Waals surface area (Å²) in [6.07, 6.45) is 3.49. The molecule has 0 fully saturated rings. The van der Waals surface area contributed by atoms with Crippen molar-refractivity contribution in [3.8, 4) is 0 Å². The minimum absolute atomic E-state index is 0.188. The molecule has 0 spiro atoms. The van der Waals surface area contributed by atoms with Crippen LogP contribution in [0.15, 0.2) is 120 Å². The Bertz CT molecular complexity index is 3250. The molecule has 0 N–H and O–H groups in total. The molecular formula is C48H26N2O4S2. The number of hydrogen-bond acceptors (Lipinski definition) is 6. The fourth-order valence-corrected chi connectivity index (χ4v) is 11.4. The maximum Gasteiger partial charge on any atom is 0.197 e. The van der Waals surface area contributed by atoms with Gasteiger partial charge >= 0.3 is 0 Å². The molecule has 6 nitrogen and oxygen atoms in total. The number of benzene rings is 6. The van der Waals surface area contributed by atoms with Crippen LogP contribution in [0.4, 0.5) is 0 Å². The van der Waals surface area contributed by atoms with Crippen LogP contribution in [-0.4, -0.2) is 32.3 Å². The first-order valence-electron chi connectivity index (χ1n) is 18.3. The molecule has 0 aliphatic heterocycles. The highest BCUT2D eigenvalue weighted by Crippen LogP contribution is 2.45. The van der Waals surface area contributed by atoms with Crippen molar-refractivity contribution in [2.24, 2.45) is 14.1 Å². The van der Waals surface area contributed by atoms with Crippen LogP contribution in [0, 0.1) is 0 Å². The van der Waals surface area contributed by atoms with Crippen molar-refractivity contribution in [3.63, 3.8) is 0 Å². The number of ketones is 4. The zero-order chi connectivity index (χ0) is 37.7. The number of aryl methyl sites for hydroxylation is 2. The van der Waals surface area contributed by atoms with Gasteiger partial charge in [-0.15, -0.1) is 22.7 Å². The van der Waals surface area contributed by atoms with Crippen LogP contribution in [0.3, 0.4) is 0 Å². The zero-order valence-electron chi connectivity index (χ0n) is 29.9. The molecule has 0 radical (unpaired) electrons. The first kappa shape index (κ1) is 31.6. The lowest BCUT2D eigenvalue weighted by molar-refractivity contribution is 0.0975. The van der Waals surface area contributed by atoms with Crippen molar-refractivity contribution >= 4 is 133 Å². The van der Waals surface area contributed by atoms with Gasteiger partial charge in [0.2, 0.25) is 0 Å². The molecule has 0 unspecified atom stereocenters. The third-order valence-electron chi connectivity index (χ3n) is 11.7. The van der Waals surface area contributed by atoms with Gasteiger partial charge in [-0.1, -0.05) is 48.5 Å². The maximum atomic E-state index is 13.7. The van der Waals surface area contributed by atoms with Crippen LogP contribution in [0.1, 0.15) is 51.2 Å². The third kappa shape index (κ3) is 4.20. The molecule has 12 rings (SSSR count). The Kier molecular flexibility index (Phi) is 6.17. The predicted octanol–water partition coefficient (Wildman–Crippen LogP) is 11.5. The lowest BCUT2D eigenvalue weighted by Gasteiger charge is -2.04. The maximum absolute atomic E-state index is 13.7. The predicted molar refractivity (Wildman–Crippen MR) is 229 cm³/mol. The van der Waals surface area contributed by atoms with E-state index in [9.17, 15) is 19.2 Å². The minimum atomic E-state index is -0.243. The molecule has 0 amide bonds. The van der Waals surface area contributed by atoms with Crippen molar-refractivity contribution in [3.05, 3.63) is 152 Å². The largest absolute Gasteiger partial charge is 0.340 e. The van der Waals surface area contributed by atoms with E-state index in [4.69, 9.17) is 0 Å². The number of fused-ring (bicyclic) bond motifs is 11. The molecule has 4 aromatic heterocycles. The summed E-state index contributed by atoms with van der Waals surface area (Å²) in [5.41, 5.74) is 6.30. The van der Waals surface area contributed by atoms with E-state index in [1.165, 1.54) is 0 Å². The molecule has 6 aromatic carbocycles. The van der Waals surface area contributed by atoms with Crippen molar-refractivity contribution in [2.45, 2.75) is 0 Å². The first-order chi connectivity index (χ1) is 27.2. The van der Waals surface area contributed by atoms with Crippen molar-refractivity contribution in [2.75, 3.05) is 0 Å². The normalized spacial score (nSPS) is 14.3. The Hall–Kier alpha value is -6.74. The van der Waals surface area contributed by atoms with Gasteiger partial charge in [0, 0.05) is 46.1 Å². The monoisotopic (exact) mass is 758 g/mol. The van der Waals surface area contributed by atoms with Crippen LogP contribution in [-0.2, 0) is 14.1 Å². The second-order valence-corrected chi connectivity index (χ2v) is 17.0. The molecule has 2 aliphatic carbocycles. The molecular weight excluding hydrogens is 733 g/mol. The Morgan fingerprint density at radius 1 is 0.411 bits per heavy atom. The van der Waals surface area contributed by atoms with E-state index < -0.39 is 0 Å². The van der Waals surface area contributed by atoms with Crippen LogP contribution >= 0.6 is 22.7 Å². The molecule has 10 aromatic rings. The van der Waals surface area contributed by atoms with E-state index in [-0.39, 0.29) is 34.3 Å². The molecule has 56 heavy (non-hydrogen) atoms. The number of nitrogens with zero attached hydrogens (tertiary/aromatic N) is 2. The molecule has 0 saturated heterocycles. The fraction of sp³-hybridized carbons (Fsp3) is 0.0417. The van der Waals surface area contributed by atoms with Gasteiger partial charge in [-0.25, -0.2) is 0 Å². The van der Waals surface area contributed by atoms with Crippen LogP contribution < -0.4 is 0 Å². The van der Waals surface area contributed by atoms with E-state index in [1.807, 2.05) is 99.0 Å². The lowest BCUT2D eigenvalue weighted by atomic mass is 9.99. The molecule has 0 saturated carbocycles. The Morgan fingerprint density at radius 2 is 0.714 bits per heavy atom. The molecule has 0 bridgehead atoms. The second-order valence-electron chi connectivity index (χ2n) is 14.9. The third-order valence-corrected chi connectivity index (χ3v) is 13.9. The van der Waals surface area contributed by atoms with Gasteiger partial charge in [-0.05, 0) is 116 Å². The van der Waals surface area contributed by atoms with Crippen molar-refractivity contribution < 1.29 is 19.2 Å². The summed E-state index contributed by atoms with van der Waals surface area (Å²) in [5, 5.41) is 8.10. The molecule has 4 heterocycles. The number of thiophene rings is 2.